The number of fused-ring (bicyclic) bond motifs is 1. The standard InChI is InChI=1S/C14H9BrCl2FN3/c1-7(16)13-20-11-4-8(17)6-19-14(11)21(13)12-5-9(18)2-3-10(12)15/h2-7H,1H3. The molecule has 3 rings (SSSR count). The van der Waals surface area contributed by atoms with E-state index in [2.05, 4.69) is 25.9 Å². The molecule has 0 N–H and O–H groups in total. The highest BCUT2D eigenvalue weighted by molar-refractivity contribution is 9.10. The van der Waals surface area contributed by atoms with E-state index < -0.39 is 0 Å². The highest BCUT2D eigenvalue weighted by Crippen LogP contribution is 2.31. The number of hydrogen-bond acceptors (Lipinski definition) is 2. The quantitative estimate of drug-likeness (QED) is 0.559. The minimum Gasteiger partial charge on any atom is -0.278 e. The molecule has 0 saturated carbocycles. The highest BCUT2D eigenvalue weighted by Gasteiger charge is 2.19. The fourth-order valence-corrected chi connectivity index (χ4v) is 2.84. The summed E-state index contributed by atoms with van der Waals surface area (Å²) in [7, 11) is 0. The van der Waals surface area contributed by atoms with Crippen LogP contribution in [0.1, 0.15) is 18.1 Å². The summed E-state index contributed by atoms with van der Waals surface area (Å²) >= 11 is 15.6. The Kier molecular flexibility index (Phi) is 3.90. The molecule has 0 amide bonds. The van der Waals surface area contributed by atoms with Crippen LogP contribution in [0.5, 0.6) is 0 Å². The van der Waals surface area contributed by atoms with Crippen molar-refractivity contribution >= 4 is 50.3 Å². The number of aromatic nitrogens is 3. The summed E-state index contributed by atoms with van der Waals surface area (Å²) in [5.41, 5.74) is 1.78. The third-order valence-electron chi connectivity index (χ3n) is 2.99. The van der Waals surface area contributed by atoms with Gasteiger partial charge in [-0.25, -0.2) is 14.4 Å². The Bertz CT molecular complexity index is 832. The monoisotopic (exact) mass is 387 g/mol. The Labute approximate surface area is 138 Å². The molecule has 2 heterocycles. The molecule has 108 valence electrons. The van der Waals surface area contributed by atoms with Crippen molar-refractivity contribution in [2.24, 2.45) is 0 Å². The third kappa shape index (κ3) is 2.65. The zero-order valence-electron chi connectivity index (χ0n) is 10.8. The van der Waals surface area contributed by atoms with Crippen LogP contribution in [0.4, 0.5) is 4.39 Å². The molecule has 0 saturated heterocycles. The van der Waals surface area contributed by atoms with Crippen molar-refractivity contribution in [1.29, 1.82) is 0 Å². The molecule has 0 aliphatic heterocycles. The van der Waals surface area contributed by atoms with Crippen molar-refractivity contribution in [2.75, 3.05) is 0 Å². The van der Waals surface area contributed by atoms with Gasteiger partial charge in [0.2, 0.25) is 0 Å². The maximum absolute atomic E-state index is 13.6. The van der Waals surface area contributed by atoms with Crippen LogP contribution >= 0.6 is 39.1 Å². The smallest absolute Gasteiger partial charge is 0.164 e. The molecule has 7 heteroatoms. The van der Waals surface area contributed by atoms with Gasteiger partial charge in [0.1, 0.15) is 17.2 Å². The Balaban J connectivity index is 2.39. The Morgan fingerprint density at radius 3 is 2.81 bits per heavy atom. The number of hydrogen-bond donors (Lipinski definition) is 0. The van der Waals surface area contributed by atoms with Gasteiger partial charge in [0.25, 0.3) is 0 Å². The molecule has 21 heavy (non-hydrogen) atoms. The average molecular weight is 389 g/mol. The normalized spacial score (nSPS) is 12.8. The van der Waals surface area contributed by atoms with E-state index in [9.17, 15) is 4.39 Å². The van der Waals surface area contributed by atoms with Crippen molar-refractivity contribution in [3.05, 3.63) is 51.6 Å². The summed E-state index contributed by atoms with van der Waals surface area (Å²) in [6.07, 6.45) is 1.53. The lowest BCUT2D eigenvalue weighted by molar-refractivity contribution is 0.626. The van der Waals surface area contributed by atoms with Crippen molar-refractivity contribution in [3.63, 3.8) is 0 Å². The van der Waals surface area contributed by atoms with E-state index in [-0.39, 0.29) is 11.2 Å². The van der Waals surface area contributed by atoms with Crippen LogP contribution in [-0.2, 0) is 0 Å². The lowest BCUT2D eigenvalue weighted by Crippen LogP contribution is -2.04. The number of imidazole rings is 1. The first-order chi connectivity index (χ1) is 9.97. The molecule has 3 aromatic rings. The zero-order valence-corrected chi connectivity index (χ0v) is 13.9. The lowest BCUT2D eigenvalue weighted by Gasteiger charge is -2.12. The van der Waals surface area contributed by atoms with Crippen LogP contribution in [0.2, 0.25) is 5.02 Å². The largest absolute Gasteiger partial charge is 0.278 e. The van der Waals surface area contributed by atoms with E-state index in [1.165, 1.54) is 18.3 Å². The van der Waals surface area contributed by atoms with Crippen molar-refractivity contribution in [1.82, 2.24) is 14.5 Å². The van der Waals surface area contributed by atoms with Gasteiger partial charge >= 0.3 is 0 Å². The Morgan fingerprint density at radius 1 is 1.33 bits per heavy atom. The number of alkyl halides is 1. The maximum atomic E-state index is 13.6. The van der Waals surface area contributed by atoms with Crippen molar-refractivity contribution in [2.45, 2.75) is 12.3 Å². The molecule has 0 bridgehead atoms. The topological polar surface area (TPSA) is 30.7 Å². The predicted molar refractivity (Wildman–Crippen MR) is 85.8 cm³/mol. The molecular formula is C14H9BrCl2FN3. The van der Waals surface area contributed by atoms with Gasteiger partial charge < -0.3 is 0 Å². The second-order valence-electron chi connectivity index (χ2n) is 4.51. The molecule has 1 atom stereocenters. The molecule has 3 nitrogen and oxygen atoms in total. The van der Waals surface area contributed by atoms with Crippen LogP contribution in [0.25, 0.3) is 16.9 Å². The van der Waals surface area contributed by atoms with E-state index in [1.54, 1.807) is 23.6 Å². The van der Waals surface area contributed by atoms with Gasteiger partial charge in [0.05, 0.1) is 16.1 Å². The minimum absolute atomic E-state index is 0.350. The summed E-state index contributed by atoms with van der Waals surface area (Å²) in [4.78, 5) is 8.76. The highest BCUT2D eigenvalue weighted by atomic mass is 79.9. The van der Waals surface area contributed by atoms with Crippen LogP contribution in [0, 0.1) is 5.82 Å². The maximum Gasteiger partial charge on any atom is 0.164 e. The molecule has 0 aliphatic rings. The summed E-state index contributed by atoms with van der Waals surface area (Å²) in [6, 6.07) is 6.12. The Morgan fingerprint density at radius 2 is 2.10 bits per heavy atom. The van der Waals surface area contributed by atoms with Gasteiger partial charge in [-0.2, -0.15) is 0 Å². The lowest BCUT2D eigenvalue weighted by atomic mass is 10.3. The van der Waals surface area contributed by atoms with Gasteiger partial charge in [-0.05, 0) is 47.1 Å². The molecule has 2 aromatic heterocycles. The van der Waals surface area contributed by atoms with Gasteiger partial charge in [0.15, 0.2) is 5.65 Å². The van der Waals surface area contributed by atoms with Crippen LogP contribution < -0.4 is 0 Å². The Hall–Kier alpha value is -1.17. The third-order valence-corrected chi connectivity index (χ3v) is 4.07. The van der Waals surface area contributed by atoms with Crippen molar-refractivity contribution in [3.8, 4) is 5.69 Å². The summed E-state index contributed by atoms with van der Waals surface area (Å²) in [6.45, 7) is 1.80. The van der Waals surface area contributed by atoms with Crippen LogP contribution in [-0.4, -0.2) is 14.5 Å². The number of halogens is 4. The molecule has 0 fully saturated rings. The van der Waals surface area contributed by atoms with Gasteiger partial charge in [-0.1, -0.05) is 11.6 Å². The zero-order chi connectivity index (χ0) is 15.1. The first-order valence-corrected chi connectivity index (χ1v) is 7.71. The minimum atomic E-state index is -0.367. The molecule has 0 spiro atoms. The molecular weight excluding hydrogens is 380 g/mol. The number of pyridine rings is 1. The van der Waals surface area contributed by atoms with Gasteiger partial charge in [0, 0.05) is 10.7 Å². The van der Waals surface area contributed by atoms with E-state index in [0.717, 1.165) is 4.47 Å². The van der Waals surface area contributed by atoms with Crippen molar-refractivity contribution < 1.29 is 4.39 Å². The molecule has 1 aromatic carbocycles. The predicted octanol–water partition coefficient (Wildman–Crippen LogP) is 5.28. The van der Waals surface area contributed by atoms with Gasteiger partial charge in [-0.3, -0.25) is 4.57 Å². The summed E-state index contributed by atoms with van der Waals surface area (Å²) in [5, 5.41) is 0.118. The number of nitrogens with zero attached hydrogens (tertiary/aromatic N) is 3. The van der Waals surface area contributed by atoms with Crippen LogP contribution in [0.3, 0.4) is 0 Å². The molecule has 0 aliphatic carbocycles. The second-order valence-corrected chi connectivity index (χ2v) is 6.46. The van der Waals surface area contributed by atoms with E-state index in [4.69, 9.17) is 23.2 Å². The SMILES string of the molecule is CC(Cl)c1nc2cc(Cl)cnc2n1-c1cc(F)ccc1Br. The fourth-order valence-electron chi connectivity index (χ4n) is 2.12. The van der Waals surface area contributed by atoms with E-state index in [1.807, 2.05) is 0 Å². The summed E-state index contributed by atoms with van der Waals surface area (Å²) in [5.74, 6) is 0.227. The van der Waals surface area contributed by atoms with Gasteiger partial charge in [-0.15, -0.1) is 11.6 Å². The average Bonchev–Trinajstić information content (AvgIpc) is 2.80. The first kappa shape index (κ1) is 14.8. The molecule has 1 unspecified atom stereocenters. The fraction of sp³-hybridized carbons (Fsp3) is 0.143. The second kappa shape index (κ2) is 5.55. The van der Waals surface area contributed by atoms with Crippen LogP contribution in [0.15, 0.2) is 34.9 Å². The number of rotatable bonds is 2. The van der Waals surface area contributed by atoms with E-state index >= 15 is 0 Å². The summed E-state index contributed by atoms with van der Waals surface area (Å²) < 4.78 is 16.1. The first-order valence-electron chi connectivity index (χ1n) is 6.11. The van der Waals surface area contributed by atoms with E-state index in [0.29, 0.717) is 27.7 Å². The molecule has 0 radical (unpaired) electrons. The number of benzene rings is 1.